The molecule has 5 nitrogen and oxygen atoms in total. The summed E-state index contributed by atoms with van der Waals surface area (Å²) < 4.78 is 0. The van der Waals surface area contributed by atoms with Crippen LogP contribution in [-0.4, -0.2) is 27.8 Å². The topological polar surface area (TPSA) is 67.2 Å². The van der Waals surface area contributed by atoms with Gasteiger partial charge in [0.25, 0.3) is 0 Å². The molecule has 0 radical (unpaired) electrons. The Kier molecular flexibility index (Phi) is 5.63. The standard InChI is InChI=1S/C18H15ClN4OS/c1-12-21-16-5-3-2-4-15(16)18(22-12)25-11-17(24)23-20-10-13-6-8-14(19)9-7-13/h2-10H,11H2,1H3,(H,23,24)/b20-10+. The van der Waals surface area contributed by atoms with Crippen LogP contribution in [0.2, 0.25) is 5.02 Å². The molecule has 0 aliphatic rings. The molecule has 1 amide bonds. The van der Waals surface area contributed by atoms with Gasteiger partial charge in [-0.15, -0.1) is 0 Å². The largest absolute Gasteiger partial charge is 0.272 e. The molecule has 0 aliphatic heterocycles. The molecule has 126 valence electrons. The number of aryl methyl sites for hydroxylation is 1. The maximum absolute atomic E-state index is 12.0. The van der Waals surface area contributed by atoms with Crippen LogP contribution in [0.3, 0.4) is 0 Å². The maximum atomic E-state index is 12.0. The van der Waals surface area contributed by atoms with E-state index in [0.29, 0.717) is 10.8 Å². The smallest absolute Gasteiger partial charge is 0.250 e. The van der Waals surface area contributed by atoms with Crippen molar-refractivity contribution in [1.82, 2.24) is 15.4 Å². The number of benzene rings is 2. The van der Waals surface area contributed by atoms with Crippen molar-refractivity contribution < 1.29 is 4.79 Å². The van der Waals surface area contributed by atoms with Crippen molar-refractivity contribution in [3.8, 4) is 0 Å². The molecule has 0 bridgehead atoms. The number of rotatable bonds is 5. The second-order valence-corrected chi connectivity index (χ2v) is 6.63. The molecule has 0 aliphatic carbocycles. The van der Waals surface area contributed by atoms with Gasteiger partial charge in [0.2, 0.25) is 5.91 Å². The summed E-state index contributed by atoms with van der Waals surface area (Å²) in [5.74, 6) is 0.705. The summed E-state index contributed by atoms with van der Waals surface area (Å²) >= 11 is 7.19. The molecule has 0 fully saturated rings. The highest BCUT2D eigenvalue weighted by Crippen LogP contribution is 2.24. The van der Waals surface area contributed by atoms with Crippen molar-refractivity contribution in [3.63, 3.8) is 0 Å². The molecule has 0 saturated heterocycles. The Bertz CT molecular complexity index is 928. The van der Waals surface area contributed by atoms with Gasteiger partial charge in [0, 0.05) is 10.4 Å². The van der Waals surface area contributed by atoms with Crippen LogP contribution < -0.4 is 5.43 Å². The van der Waals surface area contributed by atoms with E-state index < -0.39 is 0 Å². The zero-order chi connectivity index (χ0) is 17.6. The number of amides is 1. The molecule has 0 saturated carbocycles. The first-order valence-electron chi connectivity index (χ1n) is 7.55. The molecule has 7 heteroatoms. The highest BCUT2D eigenvalue weighted by Gasteiger charge is 2.08. The maximum Gasteiger partial charge on any atom is 0.250 e. The van der Waals surface area contributed by atoms with Crippen molar-refractivity contribution in [1.29, 1.82) is 0 Å². The number of carbonyl (C=O) groups excluding carboxylic acids is 1. The van der Waals surface area contributed by atoms with Gasteiger partial charge < -0.3 is 0 Å². The lowest BCUT2D eigenvalue weighted by Crippen LogP contribution is -2.19. The average molecular weight is 371 g/mol. The lowest BCUT2D eigenvalue weighted by molar-refractivity contribution is -0.118. The minimum atomic E-state index is -0.199. The Morgan fingerprint density at radius 2 is 1.96 bits per heavy atom. The van der Waals surface area contributed by atoms with Gasteiger partial charge in [-0.2, -0.15) is 5.10 Å². The van der Waals surface area contributed by atoms with E-state index in [0.717, 1.165) is 21.5 Å². The first kappa shape index (κ1) is 17.4. The molecule has 3 aromatic rings. The lowest BCUT2D eigenvalue weighted by atomic mass is 10.2. The molecule has 3 rings (SSSR count). The number of carbonyl (C=O) groups is 1. The van der Waals surface area contributed by atoms with Gasteiger partial charge >= 0.3 is 0 Å². The molecular formula is C18H15ClN4OS. The van der Waals surface area contributed by atoms with Crippen LogP contribution in [0, 0.1) is 6.92 Å². The molecule has 0 unspecified atom stereocenters. The first-order valence-corrected chi connectivity index (χ1v) is 8.92. The fourth-order valence-electron chi connectivity index (χ4n) is 2.16. The highest BCUT2D eigenvalue weighted by molar-refractivity contribution is 8.00. The van der Waals surface area contributed by atoms with Gasteiger partial charge in [-0.05, 0) is 30.7 Å². The van der Waals surface area contributed by atoms with Crippen LogP contribution in [0.4, 0.5) is 0 Å². The predicted molar refractivity (Wildman–Crippen MR) is 102 cm³/mol. The lowest BCUT2D eigenvalue weighted by Gasteiger charge is -2.05. The molecule has 1 N–H and O–H groups in total. The van der Waals surface area contributed by atoms with E-state index in [1.54, 1.807) is 18.3 Å². The Balaban J connectivity index is 1.60. The van der Waals surface area contributed by atoms with E-state index in [-0.39, 0.29) is 11.7 Å². The van der Waals surface area contributed by atoms with Crippen LogP contribution in [0.5, 0.6) is 0 Å². The number of aromatic nitrogens is 2. The van der Waals surface area contributed by atoms with Crippen LogP contribution in [0.1, 0.15) is 11.4 Å². The number of hydrogen-bond donors (Lipinski definition) is 1. The third kappa shape index (κ3) is 4.78. The Hall–Kier alpha value is -2.44. The number of thioether (sulfide) groups is 1. The summed E-state index contributed by atoms with van der Waals surface area (Å²) in [6.45, 7) is 1.84. The van der Waals surface area contributed by atoms with Gasteiger partial charge in [-0.3, -0.25) is 4.79 Å². The van der Waals surface area contributed by atoms with E-state index >= 15 is 0 Å². The summed E-state index contributed by atoms with van der Waals surface area (Å²) in [7, 11) is 0. The van der Waals surface area contributed by atoms with Crippen molar-refractivity contribution in [3.05, 3.63) is 64.9 Å². The quantitative estimate of drug-likeness (QED) is 0.321. The van der Waals surface area contributed by atoms with Gasteiger partial charge in [-0.25, -0.2) is 15.4 Å². The van der Waals surface area contributed by atoms with Gasteiger partial charge in [0.1, 0.15) is 10.9 Å². The zero-order valence-electron chi connectivity index (χ0n) is 13.4. The minimum absolute atomic E-state index is 0.199. The summed E-state index contributed by atoms with van der Waals surface area (Å²) in [6.07, 6.45) is 1.57. The highest BCUT2D eigenvalue weighted by atomic mass is 35.5. The Morgan fingerprint density at radius 3 is 2.76 bits per heavy atom. The van der Waals surface area contributed by atoms with Crippen molar-refractivity contribution in [2.24, 2.45) is 5.10 Å². The molecule has 1 heterocycles. The van der Waals surface area contributed by atoms with Gasteiger partial charge in [0.05, 0.1) is 17.5 Å². The number of para-hydroxylation sites is 1. The number of nitrogens with zero attached hydrogens (tertiary/aromatic N) is 3. The monoisotopic (exact) mass is 370 g/mol. The molecule has 0 spiro atoms. The number of halogens is 1. The predicted octanol–water partition coefficient (Wildman–Crippen LogP) is 3.83. The molecule has 25 heavy (non-hydrogen) atoms. The average Bonchev–Trinajstić information content (AvgIpc) is 2.61. The van der Waals surface area contributed by atoms with Crippen molar-refractivity contribution in [2.45, 2.75) is 11.9 Å². The normalized spacial score (nSPS) is 11.1. The summed E-state index contributed by atoms with van der Waals surface area (Å²) in [4.78, 5) is 20.8. The number of fused-ring (bicyclic) bond motifs is 1. The SMILES string of the molecule is Cc1nc(SCC(=O)N/N=C/c2ccc(Cl)cc2)c2ccccc2n1. The van der Waals surface area contributed by atoms with Crippen LogP contribution in [0.25, 0.3) is 10.9 Å². The third-order valence-corrected chi connectivity index (χ3v) is 4.54. The van der Waals surface area contributed by atoms with E-state index in [4.69, 9.17) is 11.6 Å². The fraction of sp³-hybridized carbons (Fsp3) is 0.111. The van der Waals surface area contributed by atoms with Crippen LogP contribution in [0.15, 0.2) is 58.7 Å². The summed E-state index contributed by atoms with van der Waals surface area (Å²) in [5.41, 5.74) is 4.24. The second-order valence-electron chi connectivity index (χ2n) is 5.23. The van der Waals surface area contributed by atoms with Crippen molar-refractivity contribution >= 4 is 46.4 Å². The van der Waals surface area contributed by atoms with Crippen LogP contribution >= 0.6 is 23.4 Å². The fourth-order valence-corrected chi connectivity index (χ4v) is 3.15. The number of nitrogens with one attached hydrogen (secondary N) is 1. The third-order valence-electron chi connectivity index (χ3n) is 3.29. The van der Waals surface area contributed by atoms with Gasteiger partial charge in [-0.1, -0.05) is 53.7 Å². The second kappa shape index (κ2) is 8.09. The van der Waals surface area contributed by atoms with E-state index in [9.17, 15) is 4.79 Å². The van der Waals surface area contributed by atoms with Gasteiger partial charge in [0.15, 0.2) is 0 Å². The van der Waals surface area contributed by atoms with E-state index in [1.165, 1.54) is 11.8 Å². The molecular weight excluding hydrogens is 356 g/mol. The van der Waals surface area contributed by atoms with Crippen LogP contribution in [-0.2, 0) is 4.79 Å². The Morgan fingerprint density at radius 1 is 1.20 bits per heavy atom. The first-order chi connectivity index (χ1) is 12.1. The minimum Gasteiger partial charge on any atom is -0.272 e. The summed E-state index contributed by atoms with van der Waals surface area (Å²) in [5, 5.41) is 6.34. The molecule has 0 atom stereocenters. The van der Waals surface area contributed by atoms with E-state index in [1.807, 2.05) is 43.3 Å². The number of hydrazone groups is 1. The summed E-state index contributed by atoms with van der Waals surface area (Å²) in [6, 6.07) is 14.9. The van der Waals surface area contributed by atoms with Crippen molar-refractivity contribution in [2.75, 3.05) is 5.75 Å². The zero-order valence-corrected chi connectivity index (χ0v) is 15.0. The molecule has 2 aromatic carbocycles. The molecule has 1 aromatic heterocycles. The number of hydrogen-bond acceptors (Lipinski definition) is 5. The Labute approximate surface area is 154 Å². The van der Waals surface area contributed by atoms with E-state index in [2.05, 4.69) is 20.5 Å².